The molecular formula is C14H24N2OS. The van der Waals surface area contributed by atoms with Gasteiger partial charge in [0, 0.05) is 17.4 Å². The van der Waals surface area contributed by atoms with Crippen LogP contribution < -0.4 is 10.1 Å². The van der Waals surface area contributed by atoms with E-state index >= 15 is 0 Å². The van der Waals surface area contributed by atoms with Crippen molar-refractivity contribution < 1.29 is 4.74 Å². The quantitative estimate of drug-likeness (QED) is 0.777. The van der Waals surface area contributed by atoms with E-state index < -0.39 is 0 Å². The fraction of sp³-hybridized carbons (Fsp3) is 0.643. The Labute approximate surface area is 115 Å². The molecular weight excluding hydrogens is 244 g/mol. The standard InChI is InChI=1S/C14H24N2OS/c1-5-14(6-2,18-4)11-15-12-9-8-10-13(16-12)17-7-3/h8-10H,5-7,11H2,1-4H3,(H,15,16). The van der Waals surface area contributed by atoms with E-state index in [-0.39, 0.29) is 0 Å². The first-order valence-corrected chi connectivity index (χ1v) is 7.81. The molecule has 1 aromatic rings. The van der Waals surface area contributed by atoms with Crippen LogP contribution in [-0.2, 0) is 0 Å². The van der Waals surface area contributed by atoms with Gasteiger partial charge in [-0.1, -0.05) is 19.9 Å². The molecule has 3 nitrogen and oxygen atoms in total. The molecule has 1 N–H and O–H groups in total. The van der Waals surface area contributed by atoms with Crippen LogP contribution in [0.3, 0.4) is 0 Å². The predicted molar refractivity (Wildman–Crippen MR) is 80.7 cm³/mol. The summed E-state index contributed by atoms with van der Waals surface area (Å²) in [4.78, 5) is 4.43. The molecule has 0 saturated heterocycles. The van der Waals surface area contributed by atoms with Crippen LogP contribution in [0.25, 0.3) is 0 Å². The van der Waals surface area contributed by atoms with Crippen molar-refractivity contribution in [3.63, 3.8) is 0 Å². The average Bonchev–Trinajstić information content (AvgIpc) is 2.42. The Bertz CT molecular complexity index is 345. The van der Waals surface area contributed by atoms with E-state index in [0.29, 0.717) is 17.2 Å². The van der Waals surface area contributed by atoms with Crippen LogP contribution in [-0.4, -0.2) is 29.1 Å². The van der Waals surface area contributed by atoms with E-state index in [1.54, 1.807) is 0 Å². The summed E-state index contributed by atoms with van der Waals surface area (Å²) in [5, 5.41) is 3.43. The number of thioether (sulfide) groups is 1. The number of pyridine rings is 1. The molecule has 0 atom stereocenters. The van der Waals surface area contributed by atoms with Crippen molar-refractivity contribution in [2.75, 3.05) is 24.7 Å². The maximum absolute atomic E-state index is 5.40. The van der Waals surface area contributed by atoms with Crippen molar-refractivity contribution in [1.82, 2.24) is 4.98 Å². The van der Waals surface area contributed by atoms with Crippen LogP contribution in [0.4, 0.5) is 5.82 Å². The lowest BCUT2D eigenvalue weighted by molar-refractivity contribution is 0.327. The molecule has 1 heterocycles. The Morgan fingerprint density at radius 1 is 1.28 bits per heavy atom. The van der Waals surface area contributed by atoms with Crippen molar-refractivity contribution in [2.45, 2.75) is 38.4 Å². The summed E-state index contributed by atoms with van der Waals surface area (Å²) in [7, 11) is 0. The smallest absolute Gasteiger partial charge is 0.215 e. The van der Waals surface area contributed by atoms with Crippen molar-refractivity contribution in [2.24, 2.45) is 0 Å². The number of hydrogen-bond donors (Lipinski definition) is 1. The molecule has 0 bridgehead atoms. The molecule has 1 aromatic heterocycles. The first-order valence-electron chi connectivity index (χ1n) is 6.58. The van der Waals surface area contributed by atoms with E-state index in [0.717, 1.165) is 25.2 Å². The van der Waals surface area contributed by atoms with Gasteiger partial charge in [-0.25, -0.2) is 0 Å². The molecule has 0 aliphatic carbocycles. The largest absolute Gasteiger partial charge is 0.478 e. The van der Waals surface area contributed by atoms with E-state index in [9.17, 15) is 0 Å². The predicted octanol–water partition coefficient (Wildman–Crippen LogP) is 3.81. The summed E-state index contributed by atoms with van der Waals surface area (Å²) in [6.45, 7) is 8.03. The summed E-state index contributed by atoms with van der Waals surface area (Å²) in [6.07, 6.45) is 4.49. The monoisotopic (exact) mass is 268 g/mol. The van der Waals surface area contributed by atoms with Gasteiger partial charge in [-0.05, 0) is 32.1 Å². The zero-order valence-electron chi connectivity index (χ0n) is 11.8. The summed E-state index contributed by atoms with van der Waals surface area (Å²) in [6, 6.07) is 5.84. The third-order valence-corrected chi connectivity index (χ3v) is 4.92. The minimum Gasteiger partial charge on any atom is -0.478 e. The van der Waals surface area contributed by atoms with Crippen LogP contribution >= 0.6 is 11.8 Å². The molecule has 0 spiro atoms. The maximum atomic E-state index is 5.40. The Hall–Kier alpha value is -0.900. The second-order valence-corrected chi connectivity index (χ2v) is 5.52. The highest BCUT2D eigenvalue weighted by molar-refractivity contribution is 8.00. The Morgan fingerprint density at radius 2 is 2.00 bits per heavy atom. The summed E-state index contributed by atoms with van der Waals surface area (Å²) < 4.78 is 5.70. The summed E-state index contributed by atoms with van der Waals surface area (Å²) >= 11 is 1.93. The third-order valence-electron chi connectivity index (χ3n) is 3.33. The molecule has 0 amide bonds. The van der Waals surface area contributed by atoms with Crippen molar-refractivity contribution in [1.29, 1.82) is 0 Å². The van der Waals surface area contributed by atoms with E-state index in [2.05, 4.69) is 30.4 Å². The Kier molecular flexibility index (Phi) is 6.33. The summed E-state index contributed by atoms with van der Waals surface area (Å²) in [5.74, 6) is 1.58. The normalized spacial score (nSPS) is 11.3. The average molecular weight is 268 g/mol. The third kappa shape index (κ3) is 4.09. The number of ether oxygens (including phenoxy) is 1. The van der Waals surface area contributed by atoms with Gasteiger partial charge in [0.05, 0.1) is 6.61 Å². The highest BCUT2D eigenvalue weighted by Gasteiger charge is 2.24. The fourth-order valence-corrected chi connectivity index (χ4v) is 2.65. The van der Waals surface area contributed by atoms with E-state index in [1.807, 2.05) is 36.9 Å². The fourth-order valence-electron chi connectivity index (χ4n) is 1.85. The van der Waals surface area contributed by atoms with Gasteiger partial charge in [0.1, 0.15) is 5.82 Å². The van der Waals surface area contributed by atoms with Gasteiger partial charge in [-0.15, -0.1) is 0 Å². The molecule has 0 saturated carbocycles. The molecule has 0 unspecified atom stereocenters. The first-order chi connectivity index (χ1) is 8.69. The molecule has 0 aromatic carbocycles. The Morgan fingerprint density at radius 3 is 2.56 bits per heavy atom. The lowest BCUT2D eigenvalue weighted by Gasteiger charge is -2.30. The number of hydrogen-bond acceptors (Lipinski definition) is 4. The zero-order chi connectivity index (χ0) is 13.4. The van der Waals surface area contributed by atoms with Gasteiger partial charge >= 0.3 is 0 Å². The van der Waals surface area contributed by atoms with E-state index in [1.165, 1.54) is 0 Å². The SMILES string of the molecule is CCOc1cccc(NCC(CC)(CC)SC)n1. The van der Waals surface area contributed by atoms with Gasteiger partial charge in [-0.3, -0.25) is 0 Å². The highest BCUT2D eigenvalue weighted by atomic mass is 32.2. The van der Waals surface area contributed by atoms with Gasteiger partial charge in [-0.2, -0.15) is 16.7 Å². The van der Waals surface area contributed by atoms with Crippen molar-refractivity contribution >= 4 is 17.6 Å². The van der Waals surface area contributed by atoms with Crippen molar-refractivity contribution in [3.8, 4) is 5.88 Å². The van der Waals surface area contributed by atoms with Crippen molar-refractivity contribution in [3.05, 3.63) is 18.2 Å². The molecule has 4 heteroatoms. The maximum Gasteiger partial charge on any atom is 0.215 e. The minimum absolute atomic E-state index is 0.295. The minimum atomic E-state index is 0.295. The van der Waals surface area contributed by atoms with Crippen LogP contribution in [0, 0.1) is 0 Å². The molecule has 18 heavy (non-hydrogen) atoms. The lowest BCUT2D eigenvalue weighted by Crippen LogP contribution is -2.32. The van der Waals surface area contributed by atoms with Gasteiger partial charge in [0.15, 0.2) is 0 Å². The van der Waals surface area contributed by atoms with Gasteiger partial charge in [0.2, 0.25) is 5.88 Å². The number of nitrogens with one attached hydrogen (secondary N) is 1. The molecule has 0 fully saturated rings. The number of nitrogens with zero attached hydrogens (tertiary/aromatic N) is 1. The van der Waals surface area contributed by atoms with Gasteiger partial charge in [0.25, 0.3) is 0 Å². The second-order valence-electron chi connectivity index (χ2n) is 4.24. The molecule has 0 radical (unpaired) electrons. The van der Waals surface area contributed by atoms with Crippen LogP contribution in [0.15, 0.2) is 18.2 Å². The molecule has 0 aliphatic rings. The van der Waals surface area contributed by atoms with Crippen LogP contribution in [0.5, 0.6) is 5.88 Å². The lowest BCUT2D eigenvalue weighted by atomic mass is 10.0. The number of anilines is 1. The van der Waals surface area contributed by atoms with E-state index in [4.69, 9.17) is 4.74 Å². The molecule has 1 rings (SSSR count). The zero-order valence-corrected chi connectivity index (χ0v) is 12.6. The topological polar surface area (TPSA) is 34.1 Å². The van der Waals surface area contributed by atoms with Gasteiger partial charge < -0.3 is 10.1 Å². The Balaban J connectivity index is 2.64. The number of rotatable bonds is 8. The second kappa shape index (κ2) is 7.52. The first kappa shape index (κ1) is 15.2. The molecule has 0 aliphatic heterocycles. The highest BCUT2D eigenvalue weighted by Crippen LogP contribution is 2.30. The number of aromatic nitrogens is 1. The van der Waals surface area contributed by atoms with Crippen LogP contribution in [0.1, 0.15) is 33.6 Å². The molecule has 102 valence electrons. The van der Waals surface area contributed by atoms with Crippen LogP contribution in [0.2, 0.25) is 0 Å². The summed E-state index contributed by atoms with van der Waals surface area (Å²) in [5.41, 5.74) is 0.